The number of amides is 2. The summed E-state index contributed by atoms with van der Waals surface area (Å²) in [4.78, 5) is 42.2. The smallest absolute Gasteiger partial charge is 0.369 e. The monoisotopic (exact) mass is 413 g/mol. The number of thiophene rings is 1. The van der Waals surface area contributed by atoms with Crippen LogP contribution < -0.4 is 5.32 Å². The van der Waals surface area contributed by atoms with Crippen molar-refractivity contribution < 1.29 is 24.4 Å². The van der Waals surface area contributed by atoms with Gasteiger partial charge in [0.1, 0.15) is 17.9 Å². The van der Waals surface area contributed by atoms with Crippen molar-refractivity contribution in [1.29, 1.82) is 0 Å². The lowest BCUT2D eigenvalue weighted by atomic mass is 9.76. The highest BCUT2D eigenvalue weighted by atomic mass is 32.1. The Morgan fingerprint density at radius 3 is 2.52 bits per heavy atom. The van der Waals surface area contributed by atoms with Crippen molar-refractivity contribution in [1.82, 2.24) is 4.90 Å². The Hall–Kier alpha value is -2.51. The first-order valence-electron chi connectivity index (χ1n) is 9.99. The minimum Gasteiger partial charge on any atom is -0.461 e. The Balaban J connectivity index is 1.85. The maximum atomic E-state index is 13.3. The number of hydrogen-bond acceptors (Lipinski definition) is 5. The molecule has 2 aliphatic rings. The standard InChI is InChI=1S/C22H24N2O4S/c1-3-24-19(25)16-17(20(24)26)22(21(27)28-4-2,13-14-9-6-5-7-10-14)23-18(16)15-11-8-12-29-15/h5-12,16-18,23H,3-4,13H2,1-2H3/p+1/t16-,17-,18-,22+/m0/s1. The van der Waals surface area contributed by atoms with Crippen LogP contribution in [-0.2, 0) is 25.5 Å². The van der Waals surface area contributed by atoms with Gasteiger partial charge in [-0.2, -0.15) is 0 Å². The van der Waals surface area contributed by atoms with E-state index in [4.69, 9.17) is 4.74 Å². The lowest BCUT2D eigenvalue weighted by Crippen LogP contribution is -2.98. The first-order chi connectivity index (χ1) is 14.0. The molecule has 4 rings (SSSR count). The second kappa shape index (κ2) is 7.72. The van der Waals surface area contributed by atoms with Gasteiger partial charge >= 0.3 is 5.97 Å². The number of nitrogens with zero attached hydrogens (tertiary/aromatic N) is 1. The zero-order valence-corrected chi connectivity index (χ0v) is 17.4. The van der Waals surface area contributed by atoms with Crippen LogP contribution in [0.4, 0.5) is 0 Å². The fourth-order valence-corrected chi connectivity index (χ4v) is 5.71. The molecule has 0 unspecified atom stereocenters. The fourth-order valence-electron chi connectivity index (χ4n) is 4.87. The van der Waals surface area contributed by atoms with E-state index in [-0.39, 0.29) is 24.5 Å². The van der Waals surface area contributed by atoms with Gasteiger partial charge in [-0.15, -0.1) is 11.3 Å². The molecule has 1 aromatic heterocycles. The van der Waals surface area contributed by atoms with Crippen molar-refractivity contribution in [3.05, 3.63) is 58.3 Å². The summed E-state index contributed by atoms with van der Waals surface area (Å²) >= 11 is 1.55. The van der Waals surface area contributed by atoms with E-state index in [2.05, 4.69) is 0 Å². The average molecular weight is 414 g/mol. The maximum Gasteiger partial charge on any atom is 0.369 e. The number of likely N-dealkylation sites (tertiary alicyclic amines) is 1. The van der Waals surface area contributed by atoms with Crippen molar-refractivity contribution in [3.8, 4) is 0 Å². The van der Waals surface area contributed by atoms with Gasteiger partial charge in [0.15, 0.2) is 0 Å². The summed E-state index contributed by atoms with van der Waals surface area (Å²) < 4.78 is 5.48. The van der Waals surface area contributed by atoms with Gasteiger partial charge in [0.2, 0.25) is 17.4 Å². The number of carbonyl (C=O) groups is 3. The topological polar surface area (TPSA) is 80.3 Å². The van der Waals surface area contributed by atoms with Crippen LogP contribution in [0.1, 0.15) is 30.3 Å². The molecule has 0 aliphatic carbocycles. The molecule has 0 spiro atoms. The van der Waals surface area contributed by atoms with Crippen molar-refractivity contribution in [2.75, 3.05) is 13.2 Å². The molecule has 0 radical (unpaired) electrons. The molecular weight excluding hydrogens is 388 g/mol. The summed E-state index contributed by atoms with van der Waals surface area (Å²) in [6.07, 6.45) is 0.340. The zero-order chi connectivity index (χ0) is 20.6. The highest BCUT2D eigenvalue weighted by Gasteiger charge is 2.72. The first kappa shape index (κ1) is 19.8. The molecule has 4 atom stereocenters. The Morgan fingerprint density at radius 2 is 1.90 bits per heavy atom. The number of ether oxygens (including phenoxy) is 1. The van der Waals surface area contributed by atoms with Gasteiger partial charge in [0, 0.05) is 13.0 Å². The van der Waals surface area contributed by atoms with Crippen LogP contribution in [-0.4, -0.2) is 41.4 Å². The predicted octanol–water partition coefficient (Wildman–Crippen LogP) is 1.53. The molecule has 6 nitrogen and oxygen atoms in total. The number of hydrogen-bond donors (Lipinski definition) is 1. The molecule has 2 fully saturated rings. The Kier molecular flexibility index (Phi) is 5.27. The second-order valence-corrected chi connectivity index (χ2v) is 8.53. The van der Waals surface area contributed by atoms with Crippen molar-refractivity contribution in [2.45, 2.75) is 31.8 Å². The largest absolute Gasteiger partial charge is 0.461 e. The van der Waals surface area contributed by atoms with Crippen LogP contribution in [0.5, 0.6) is 0 Å². The lowest BCUT2D eigenvalue weighted by Gasteiger charge is -2.29. The fraction of sp³-hybridized carbons (Fsp3) is 0.409. The van der Waals surface area contributed by atoms with Crippen LogP contribution in [0.2, 0.25) is 0 Å². The predicted molar refractivity (Wildman–Crippen MR) is 108 cm³/mol. The van der Waals surface area contributed by atoms with Gasteiger partial charge < -0.3 is 10.1 Å². The van der Waals surface area contributed by atoms with Crippen molar-refractivity contribution >= 4 is 29.1 Å². The molecule has 0 bridgehead atoms. The van der Waals surface area contributed by atoms with Crippen molar-refractivity contribution in [2.24, 2.45) is 11.8 Å². The average Bonchev–Trinajstić information content (AvgIpc) is 3.41. The Bertz CT molecular complexity index is 914. The van der Waals surface area contributed by atoms with E-state index in [0.717, 1.165) is 10.4 Å². The van der Waals surface area contributed by atoms with Gasteiger partial charge in [-0.25, -0.2) is 4.79 Å². The Labute approximate surface area is 173 Å². The molecule has 7 heteroatoms. The zero-order valence-electron chi connectivity index (χ0n) is 16.5. The van der Waals surface area contributed by atoms with E-state index < -0.39 is 23.3 Å². The van der Waals surface area contributed by atoms with Gasteiger partial charge in [-0.3, -0.25) is 14.5 Å². The third-order valence-corrected chi connectivity index (χ3v) is 7.02. The molecule has 1 aromatic carbocycles. The number of nitrogens with two attached hydrogens (primary N) is 1. The molecule has 2 aliphatic heterocycles. The molecule has 2 aromatic rings. The van der Waals surface area contributed by atoms with E-state index in [1.54, 1.807) is 25.2 Å². The first-order valence-corrected chi connectivity index (χ1v) is 10.9. The van der Waals surface area contributed by atoms with Gasteiger partial charge in [-0.05, 0) is 30.9 Å². The molecule has 2 saturated heterocycles. The summed E-state index contributed by atoms with van der Waals surface area (Å²) in [6, 6.07) is 13.3. The number of quaternary nitrogens is 1. The summed E-state index contributed by atoms with van der Waals surface area (Å²) in [7, 11) is 0. The molecule has 152 valence electrons. The molecule has 2 N–H and O–H groups in total. The minimum atomic E-state index is -1.16. The minimum absolute atomic E-state index is 0.184. The van der Waals surface area contributed by atoms with Crippen LogP contribution in [0.3, 0.4) is 0 Å². The normalized spacial score (nSPS) is 28.6. The van der Waals surface area contributed by atoms with E-state index in [0.29, 0.717) is 13.0 Å². The number of esters is 1. The quantitative estimate of drug-likeness (QED) is 0.575. The SMILES string of the molecule is CCOC(=O)[C@]1(Cc2ccccc2)[NH2+][C@@H](c2cccs2)[C@H]2C(=O)N(CC)C(=O)[C@H]21. The number of imide groups is 1. The van der Waals surface area contributed by atoms with Crippen LogP contribution in [0.15, 0.2) is 47.8 Å². The Morgan fingerprint density at radius 1 is 1.14 bits per heavy atom. The second-order valence-electron chi connectivity index (χ2n) is 7.56. The highest BCUT2D eigenvalue weighted by Crippen LogP contribution is 2.46. The molecule has 2 amide bonds. The van der Waals surface area contributed by atoms with Crippen LogP contribution in [0, 0.1) is 11.8 Å². The molecule has 0 saturated carbocycles. The van der Waals surface area contributed by atoms with E-state index in [1.165, 1.54) is 4.90 Å². The van der Waals surface area contributed by atoms with Gasteiger partial charge in [0.05, 0.1) is 11.5 Å². The third kappa shape index (κ3) is 3.09. The summed E-state index contributed by atoms with van der Waals surface area (Å²) in [5, 5.41) is 3.89. The van der Waals surface area contributed by atoms with E-state index in [9.17, 15) is 14.4 Å². The summed E-state index contributed by atoms with van der Waals surface area (Å²) in [5.41, 5.74) is -0.217. The number of carbonyl (C=O) groups excluding carboxylic acids is 3. The lowest BCUT2D eigenvalue weighted by molar-refractivity contribution is -0.733. The van der Waals surface area contributed by atoms with E-state index in [1.807, 2.05) is 53.2 Å². The van der Waals surface area contributed by atoms with Gasteiger partial charge in [0.25, 0.3) is 0 Å². The summed E-state index contributed by atoms with van der Waals surface area (Å²) in [5.74, 6) is -2.16. The van der Waals surface area contributed by atoms with E-state index >= 15 is 0 Å². The number of benzene rings is 1. The third-order valence-electron chi connectivity index (χ3n) is 6.04. The highest BCUT2D eigenvalue weighted by molar-refractivity contribution is 7.10. The summed E-state index contributed by atoms with van der Waals surface area (Å²) in [6.45, 7) is 4.09. The molecular formula is C22H25N2O4S+. The molecule has 29 heavy (non-hydrogen) atoms. The van der Waals surface area contributed by atoms with Gasteiger partial charge in [-0.1, -0.05) is 36.4 Å². The number of rotatable bonds is 6. The number of fused-ring (bicyclic) bond motifs is 1. The van der Waals surface area contributed by atoms with Crippen LogP contribution >= 0.6 is 11.3 Å². The molecule has 3 heterocycles. The van der Waals surface area contributed by atoms with Crippen molar-refractivity contribution in [3.63, 3.8) is 0 Å². The maximum absolute atomic E-state index is 13.3. The van der Waals surface area contributed by atoms with Crippen LogP contribution in [0.25, 0.3) is 0 Å².